The maximum absolute atomic E-state index is 15.1. The van der Waals surface area contributed by atoms with Gasteiger partial charge in [-0.05, 0) is 140 Å². The summed E-state index contributed by atoms with van der Waals surface area (Å²) in [5.41, 5.74) is -1.49. The van der Waals surface area contributed by atoms with Crippen molar-refractivity contribution in [3.8, 4) is 0 Å². The maximum Gasteiger partial charge on any atom is 0.393 e. The predicted molar refractivity (Wildman–Crippen MR) is 327 cm³/mol. The summed E-state index contributed by atoms with van der Waals surface area (Å²) in [4.78, 5) is 168. The van der Waals surface area contributed by atoms with Gasteiger partial charge in [0, 0.05) is 66.2 Å². The molecule has 0 aromatic rings. The van der Waals surface area contributed by atoms with Gasteiger partial charge in [0.2, 0.25) is 65.0 Å². The van der Waals surface area contributed by atoms with Crippen LogP contribution in [0.5, 0.6) is 0 Å². The fraction of sp³-hybridized carbons (Fsp3) is 0.825. The van der Waals surface area contributed by atoms with Gasteiger partial charge < -0.3 is 55.6 Å². The van der Waals surface area contributed by atoms with Gasteiger partial charge in [-0.1, -0.05) is 47.0 Å². The number of hydrogen-bond donors (Lipinski definition) is 4. The topological polar surface area (TPSA) is 259 Å². The third-order valence-corrected chi connectivity index (χ3v) is 20.8. The van der Waals surface area contributed by atoms with Crippen molar-refractivity contribution in [1.29, 1.82) is 0 Å². The zero-order chi connectivity index (χ0) is 66.9. The number of rotatable bonds is 8. The summed E-state index contributed by atoms with van der Waals surface area (Å²) in [5.74, 6) is -10.0. The predicted octanol–water partition coefficient (Wildman–Crippen LogP) is 4.68. The Morgan fingerprint density at radius 2 is 1.22 bits per heavy atom. The number of amides is 11. The lowest BCUT2D eigenvalue weighted by Crippen LogP contribution is -2.64. The van der Waals surface area contributed by atoms with Crippen LogP contribution < -0.4 is 21.3 Å². The first-order valence-electron chi connectivity index (χ1n) is 32.7. The summed E-state index contributed by atoms with van der Waals surface area (Å²) >= 11 is 6.35. The Morgan fingerprint density at radius 3 is 1.82 bits per heavy atom. The van der Waals surface area contributed by atoms with Crippen LogP contribution in [0, 0.1) is 29.6 Å². The highest BCUT2D eigenvalue weighted by Crippen LogP contribution is 2.44. The molecule has 3 unspecified atom stereocenters. The van der Waals surface area contributed by atoms with Gasteiger partial charge in [0.1, 0.15) is 54.0 Å². The fourth-order valence-corrected chi connectivity index (χ4v) is 14.9. The Labute approximate surface area is 533 Å². The van der Waals surface area contributed by atoms with Gasteiger partial charge >= 0.3 is 6.18 Å². The van der Waals surface area contributed by atoms with Crippen molar-refractivity contribution in [2.75, 3.05) is 61.4 Å². The molecular weight excluding hydrogens is 1200 g/mol. The van der Waals surface area contributed by atoms with Crippen molar-refractivity contribution >= 4 is 76.6 Å². The highest BCUT2D eigenvalue weighted by molar-refractivity contribution is 6.20. The molecule has 6 rings (SSSR count). The van der Waals surface area contributed by atoms with Gasteiger partial charge in [-0.3, -0.25) is 52.7 Å². The number of halogens is 5. The molecule has 27 heteroatoms. The van der Waals surface area contributed by atoms with Crippen molar-refractivity contribution in [3.63, 3.8) is 0 Å². The Morgan fingerprint density at radius 1 is 0.622 bits per heavy atom. The molecule has 4 N–H and O–H groups in total. The van der Waals surface area contributed by atoms with Crippen molar-refractivity contribution in [3.05, 3.63) is 0 Å². The molecule has 11 amide bonds. The van der Waals surface area contributed by atoms with E-state index in [1.807, 2.05) is 6.92 Å². The van der Waals surface area contributed by atoms with E-state index in [-0.39, 0.29) is 108 Å². The Hall–Kier alpha value is -5.82. The first-order valence-corrected chi connectivity index (χ1v) is 33.1. The van der Waals surface area contributed by atoms with Crippen LogP contribution in [0.1, 0.15) is 170 Å². The van der Waals surface area contributed by atoms with E-state index in [1.165, 1.54) is 71.6 Å². The second kappa shape index (κ2) is 31.7. The zero-order valence-corrected chi connectivity index (χ0v) is 55.4. The number of hydrogen-bond acceptors (Lipinski definition) is 11. The number of alkyl halides is 5. The quantitative estimate of drug-likeness (QED) is 0.192. The molecule has 3 aliphatic heterocycles. The minimum atomic E-state index is -4.51. The SMILES string of the molecule is CC[C@H](C)[C@@H]1NC(=O)[C@H](C)N(C)C(=O)C[C@@H](C)NC(=O)[C@H](C(C)C)N(C)C(=O)C2(CCCC2)NC(=O)[C@@H]2CCCN2C(=O)[C@H](CCC2CCC(C(F)(F)F)C(Cl)C2)NC(=O)CN(C)C(=O)[C@H](CC2CCC(F)CC2)N(C)C(=O)[C@@H]2CCCN2C(=O)CN(C)C1=O. The highest BCUT2D eigenvalue weighted by atomic mass is 35.5. The number of nitrogens with zero attached hydrogens (tertiary/aromatic N) is 7. The molecule has 6 aliphatic rings. The molecular formula is C63H100ClF4N11O11. The smallest absolute Gasteiger partial charge is 0.351 e. The lowest BCUT2D eigenvalue weighted by atomic mass is 9.78. The monoisotopic (exact) mass is 1300 g/mol. The lowest BCUT2D eigenvalue weighted by Gasteiger charge is -2.39. The van der Waals surface area contributed by atoms with E-state index < -0.39 is 167 Å². The van der Waals surface area contributed by atoms with E-state index in [0.717, 1.165) is 4.90 Å². The molecule has 6 fully saturated rings. The third kappa shape index (κ3) is 17.9. The third-order valence-electron chi connectivity index (χ3n) is 20.3. The second-order valence-electron chi connectivity index (χ2n) is 27.2. The lowest BCUT2D eigenvalue weighted by molar-refractivity contribution is -0.182. The van der Waals surface area contributed by atoms with Crippen LogP contribution in [0.4, 0.5) is 17.6 Å². The summed E-state index contributed by atoms with van der Waals surface area (Å²) in [6, 6.07) is -8.88. The number of nitrogens with one attached hydrogen (secondary N) is 4. The average Bonchev–Trinajstić information content (AvgIpc) is 4.60. The number of likely N-dealkylation sites (N-methyl/N-ethyl adjacent to an activating group) is 5. The zero-order valence-electron chi connectivity index (χ0n) is 54.6. The van der Waals surface area contributed by atoms with E-state index in [2.05, 4.69) is 21.3 Å². The van der Waals surface area contributed by atoms with Gasteiger partial charge in [-0.2, -0.15) is 13.2 Å². The van der Waals surface area contributed by atoms with E-state index >= 15 is 4.79 Å². The van der Waals surface area contributed by atoms with Crippen LogP contribution in [0.15, 0.2) is 0 Å². The van der Waals surface area contributed by atoms with Crippen LogP contribution >= 0.6 is 11.6 Å². The second-order valence-corrected chi connectivity index (χ2v) is 27.8. The molecule has 508 valence electrons. The van der Waals surface area contributed by atoms with Gasteiger partial charge in [-0.25, -0.2) is 4.39 Å². The van der Waals surface area contributed by atoms with Crippen LogP contribution in [-0.4, -0.2) is 232 Å². The molecule has 0 aromatic heterocycles. The molecule has 0 aromatic carbocycles. The van der Waals surface area contributed by atoms with E-state index in [1.54, 1.807) is 27.7 Å². The Kier molecular flexibility index (Phi) is 25.8. The number of carbonyl (C=O) groups excluding carboxylic acids is 11. The van der Waals surface area contributed by atoms with Crippen molar-refractivity contribution in [2.45, 2.75) is 242 Å². The van der Waals surface area contributed by atoms with Crippen LogP contribution in [0.2, 0.25) is 0 Å². The summed E-state index contributed by atoms with van der Waals surface area (Å²) in [7, 11) is 7.09. The molecule has 12 atom stereocenters. The summed E-state index contributed by atoms with van der Waals surface area (Å²) in [5, 5.41) is 10.2. The van der Waals surface area contributed by atoms with Gasteiger partial charge in [0.05, 0.1) is 19.0 Å². The standard InChI is InChI=1S/C63H100ClF4N11O11/c1-12-37(4)52-60(89)74(8)35-51(82)78-29-16-18-47(78)59(88)76(10)48(33-41-19-23-42(65)24-20-41)58(87)73(7)34-49(80)70-45(26-22-40-21-25-43(44(64)32-40)63(66,67)68)57(86)79-30-15-17-46(79)55(84)72-62(27-13-14-28-62)61(90)77(11)53(36(2)3)56(85)69-38(5)31-50(81)75(9)39(6)54(83)71-52/h36-48,52-53H,12-35H2,1-11H3,(H,69,85)(H,70,80)(H,71,83)(H,72,84)/t37-,38+,39-,40?,41?,42?,43?,44?,45-,46-,47-,48-,52-,53-/m0/s1. The van der Waals surface area contributed by atoms with Gasteiger partial charge in [0.15, 0.2) is 0 Å². The maximum atomic E-state index is 15.1. The number of carbonyl (C=O) groups is 11. The van der Waals surface area contributed by atoms with Crippen LogP contribution in [0.3, 0.4) is 0 Å². The summed E-state index contributed by atoms with van der Waals surface area (Å²) in [6.45, 7) is 9.29. The number of fused-ring (bicyclic) bond motifs is 2. The average molecular weight is 1300 g/mol. The largest absolute Gasteiger partial charge is 0.393 e. The molecule has 3 aliphatic carbocycles. The van der Waals surface area contributed by atoms with E-state index in [0.29, 0.717) is 44.9 Å². The molecule has 3 saturated heterocycles. The molecule has 0 radical (unpaired) electrons. The normalized spacial score (nSPS) is 32.7. The van der Waals surface area contributed by atoms with Crippen molar-refractivity contribution in [1.82, 2.24) is 55.6 Å². The summed E-state index contributed by atoms with van der Waals surface area (Å²) < 4.78 is 56.2. The molecule has 3 saturated carbocycles. The Bertz CT molecular complexity index is 2610. The first kappa shape index (κ1) is 73.2. The minimum Gasteiger partial charge on any atom is -0.351 e. The molecule has 3 heterocycles. The molecule has 22 nitrogen and oxygen atoms in total. The van der Waals surface area contributed by atoms with Crippen molar-refractivity contribution in [2.24, 2.45) is 29.6 Å². The Balaban J connectivity index is 1.34. The van der Waals surface area contributed by atoms with Gasteiger partial charge in [0.25, 0.3) is 0 Å². The summed E-state index contributed by atoms with van der Waals surface area (Å²) in [6.07, 6.45) is -1.22. The minimum absolute atomic E-state index is 0.00407. The van der Waals surface area contributed by atoms with Crippen LogP contribution in [0.25, 0.3) is 0 Å². The fourth-order valence-electron chi connectivity index (χ4n) is 14.4. The first-order chi connectivity index (χ1) is 42.2. The van der Waals surface area contributed by atoms with E-state index in [9.17, 15) is 65.5 Å². The van der Waals surface area contributed by atoms with Crippen LogP contribution in [-0.2, 0) is 52.7 Å². The van der Waals surface area contributed by atoms with E-state index in [4.69, 9.17) is 11.6 Å². The molecule has 1 spiro atoms. The van der Waals surface area contributed by atoms with Crippen molar-refractivity contribution < 1.29 is 70.3 Å². The van der Waals surface area contributed by atoms with Gasteiger partial charge in [-0.15, -0.1) is 11.6 Å². The molecule has 90 heavy (non-hydrogen) atoms. The highest BCUT2D eigenvalue weighted by Gasteiger charge is 2.51. The molecule has 0 bridgehead atoms.